The van der Waals surface area contributed by atoms with E-state index in [-0.39, 0.29) is 24.3 Å². The Balaban J connectivity index is 1.83. The van der Waals surface area contributed by atoms with E-state index >= 15 is 0 Å². The topological polar surface area (TPSA) is 38.1 Å². The molecule has 0 aliphatic heterocycles. The standard InChI is InChI=1S/C20H22FN3OS/c1-14(15-8-10-16(21)11-9-15)23(2)20(25)12-24-18-7-5-4-6-17(18)22-19(24)13-26-3/h4-11,14H,12-13H2,1-3H3. The van der Waals surface area contributed by atoms with Crippen molar-refractivity contribution in [2.75, 3.05) is 13.3 Å². The van der Waals surface area contributed by atoms with E-state index < -0.39 is 0 Å². The van der Waals surface area contributed by atoms with Crippen molar-refractivity contribution in [1.29, 1.82) is 0 Å². The lowest BCUT2D eigenvalue weighted by Gasteiger charge is -2.26. The first-order chi connectivity index (χ1) is 12.5. The lowest BCUT2D eigenvalue weighted by Crippen LogP contribution is -2.33. The predicted octanol–water partition coefficient (Wildman–Crippen LogP) is 4.26. The van der Waals surface area contributed by atoms with Crippen LogP contribution in [0.15, 0.2) is 48.5 Å². The number of amides is 1. The number of nitrogens with zero attached hydrogens (tertiary/aromatic N) is 3. The first-order valence-electron chi connectivity index (χ1n) is 8.45. The Morgan fingerprint density at radius 3 is 2.62 bits per heavy atom. The lowest BCUT2D eigenvalue weighted by atomic mass is 10.1. The average molecular weight is 371 g/mol. The van der Waals surface area contributed by atoms with Crippen LogP contribution in [0.3, 0.4) is 0 Å². The summed E-state index contributed by atoms with van der Waals surface area (Å²) in [5.41, 5.74) is 2.77. The Morgan fingerprint density at radius 1 is 1.23 bits per heavy atom. The molecule has 0 radical (unpaired) electrons. The molecule has 6 heteroatoms. The summed E-state index contributed by atoms with van der Waals surface area (Å²) in [4.78, 5) is 19.2. The molecule has 0 saturated heterocycles. The maximum absolute atomic E-state index is 13.1. The molecule has 3 rings (SSSR count). The summed E-state index contributed by atoms with van der Waals surface area (Å²) in [6.45, 7) is 2.18. The maximum atomic E-state index is 13.1. The van der Waals surface area contributed by atoms with Gasteiger partial charge in [0.05, 0.1) is 22.8 Å². The fourth-order valence-corrected chi connectivity index (χ4v) is 3.45. The number of rotatable bonds is 6. The van der Waals surface area contributed by atoms with E-state index in [0.29, 0.717) is 0 Å². The molecule has 1 heterocycles. The second-order valence-electron chi connectivity index (χ2n) is 6.27. The molecule has 0 fully saturated rings. The zero-order chi connectivity index (χ0) is 18.7. The number of imidazole rings is 1. The SMILES string of the molecule is CSCc1nc2ccccc2n1CC(=O)N(C)C(C)c1ccc(F)cc1. The minimum Gasteiger partial charge on any atom is -0.337 e. The van der Waals surface area contributed by atoms with Gasteiger partial charge in [0, 0.05) is 7.05 Å². The van der Waals surface area contributed by atoms with Crippen LogP contribution in [0, 0.1) is 5.82 Å². The van der Waals surface area contributed by atoms with Crippen LogP contribution in [0.25, 0.3) is 11.0 Å². The highest BCUT2D eigenvalue weighted by atomic mass is 32.2. The summed E-state index contributed by atoms with van der Waals surface area (Å²) in [7, 11) is 1.78. The van der Waals surface area contributed by atoms with Crippen LogP contribution in [0.5, 0.6) is 0 Å². The van der Waals surface area contributed by atoms with Gasteiger partial charge in [-0.3, -0.25) is 4.79 Å². The molecule has 0 aliphatic carbocycles. The monoisotopic (exact) mass is 371 g/mol. The Labute approximate surface area is 157 Å². The molecule has 26 heavy (non-hydrogen) atoms. The Morgan fingerprint density at radius 2 is 1.92 bits per heavy atom. The quantitative estimate of drug-likeness (QED) is 0.650. The number of hydrogen-bond donors (Lipinski definition) is 0. The Kier molecular flexibility index (Phi) is 5.61. The molecule has 0 saturated carbocycles. The second kappa shape index (κ2) is 7.91. The molecule has 1 atom stereocenters. The molecule has 2 aromatic carbocycles. The third kappa shape index (κ3) is 3.75. The highest BCUT2D eigenvalue weighted by molar-refractivity contribution is 7.97. The number of aromatic nitrogens is 2. The van der Waals surface area contributed by atoms with Gasteiger partial charge in [0.15, 0.2) is 0 Å². The first-order valence-corrected chi connectivity index (χ1v) is 9.85. The smallest absolute Gasteiger partial charge is 0.242 e. The first kappa shape index (κ1) is 18.5. The van der Waals surface area contributed by atoms with Crippen LogP contribution in [0.1, 0.15) is 24.4 Å². The van der Waals surface area contributed by atoms with Crippen molar-refractivity contribution in [3.05, 3.63) is 65.7 Å². The number of benzene rings is 2. The molecule has 0 spiro atoms. The maximum Gasteiger partial charge on any atom is 0.242 e. The summed E-state index contributed by atoms with van der Waals surface area (Å²) in [6, 6.07) is 14.0. The van der Waals surface area contributed by atoms with Gasteiger partial charge in [-0.15, -0.1) is 0 Å². The van der Waals surface area contributed by atoms with E-state index in [9.17, 15) is 9.18 Å². The van der Waals surface area contributed by atoms with Gasteiger partial charge in [-0.25, -0.2) is 9.37 Å². The van der Waals surface area contributed by atoms with E-state index in [0.717, 1.165) is 28.2 Å². The number of hydrogen-bond acceptors (Lipinski definition) is 3. The fourth-order valence-electron chi connectivity index (χ4n) is 2.97. The van der Waals surface area contributed by atoms with Crippen LogP contribution >= 0.6 is 11.8 Å². The van der Waals surface area contributed by atoms with Crippen LogP contribution in [-0.2, 0) is 17.1 Å². The molecule has 1 unspecified atom stereocenters. The van der Waals surface area contributed by atoms with Crippen LogP contribution in [0.2, 0.25) is 0 Å². The minimum absolute atomic E-state index is 0.00710. The molecule has 0 bridgehead atoms. The molecule has 0 N–H and O–H groups in total. The van der Waals surface area contributed by atoms with Crippen molar-refractivity contribution in [2.45, 2.75) is 25.3 Å². The summed E-state index contributed by atoms with van der Waals surface area (Å²) in [6.07, 6.45) is 2.02. The Hall–Kier alpha value is -2.34. The Bertz CT molecular complexity index is 907. The summed E-state index contributed by atoms with van der Waals surface area (Å²) in [5.74, 6) is 1.36. The molecule has 3 aromatic rings. The molecular formula is C20H22FN3OS. The number of fused-ring (bicyclic) bond motifs is 1. The molecule has 1 aromatic heterocycles. The number of likely N-dealkylation sites (N-methyl/N-ethyl adjacent to an activating group) is 1. The van der Waals surface area contributed by atoms with E-state index in [2.05, 4.69) is 4.98 Å². The van der Waals surface area contributed by atoms with Gasteiger partial charge < -0.3 is 9.47 Å². The van der Waals surface area contributed by atoms with E-state index in [4.69, 9.17) is 0 Å². The van der Waals surface area contributed by atoms with Crippen molar-refractivity contribution in [2.24, 2.45) is 0 Å². The van der Waals surface area contributed by atoms with Crippen LogP contribution in [0.4, 0.5) is 4.39 Å². The van der Waals surface area contributed by atoms with Gasteiger partial charge >= 0.3 is 0 Å². The fraction of sp³-hybridized carbons (Fsp3) is 0.300. The van der Waals surface area contributed by atoms with Crippen molar-refractivity contribution in [1.82, 2.24) is 14.5 Å². The largest absolute Gasteiger partial charge is 0.337 e. The number of carbonyl (C=O) groups is 1. The van der Waals surface area contributed by atoms with Gasteiger partial charge in [-0.2, -0.15) is 11.8 Å². The molecule has 1 amide bonds. The summed E-state index contributed by atoms with van der Waals surface area (Å²) < 4.78 is 15.1. The van der Waals surface area contributed by atoms with E-state index in [1.54, 1.807) is 35.8 Å². The highest BCUT2D eigenvalue weighted by Gasteiger charge is 2.20. The summed E-state index contributed by atoms with van der Waals surface area (Å²) >= 11 is 1.68. The average Bonchev–Trinajstić information content (AvgIpc) is 2.99. The third-order valence-electron chi connectivity index (χ3n) is 4.63. The zero-order valence-corrected chi connectivity index (χ0v) is 16.0. The van der Waals surface area contributed by atoms with Crippen LogP contribution in [-0.4, -0.2) is 33.7 Å². The number of carbonyl (C=O) groups excluding carboxylic acids is 1. The molecule has 0 aliphatic rings. The second-order valence-corrected chi connectivity index (χ2v) is 7.13. The third-order valence-corrected chi connectivity index (χ3v) is 5.17. The minimum atomic E-state index is -0.276. The van der Waals surface area contributed by atoms with Gasteiger partial charge in [0.25, 0.3) is 0 Å². The van der Waals surface area contributed by atoms with Gasteiger partial charge in [0.2, 0.25) is 5.91 Å². The van der Waals surface area contributed by atoms with Crippen molar-refractivity contribution >= 4 is 28.7 Å². The molecule has 136 valence electrons. The summed E-state index contributed by atoms with van der Waals surface area (Å²) in [5, 5.41) is 0. The zero-order valence-electron chi connectivity index (χ0n) is 15.1. The normalized spacial score (nSPS) is 12.3. The number of thioether (sulfide) groups is 1. The highest BCUT2D eigenvalue weighted by Crippen LogP contribution is 2.22. The van der Waals surface area contributed by atoms with Gasteiger partial charge in [-0.1, -0.05) is 24.3 Å². The molecular weight excluding hydrogens is 349 g/mol. The van der Waals surface area contributed by atoms with Gasteiger partial charge in [0.1, 0.15) is 18.2 Å². The lowest BCUT2D eigenvalue weighted by molar-refractivity contribution is -0.132. The van der Waals surface area contributed by atoms with E-state index in [1.807, 2.05) is 42.0 Å². The van der Waals surface area contributed by atoms with Crippen molar-refractivity contribution < 1.29 is 9.18 Å². The number of para-hydroxylation sites is 2. The van der Waals surface area contributed by atoms with Crippen molar-refractivity contribution in [3.63, 3.8) is 0 Å². The predicted molar refractivity (Wildman–Crippen MR) is 105 cm³/mol. The van der Waals surface area contributed by atoms with E-state index in [1.165, 1.54) is 12.1 Å². The van der Waals surface area contributed by atoms with Crippen LogP contribution < -0.4 is 0 Å². The van der Waals surface area contributed by atoms with Gasteiger partial charge in [-0.05, 0) is 43.0 Å². The molecule has 4 nitrogen and oxygen atoms in total. The van der Waals surface area contributed by atoms with Crippen molar-refractivity contribution in [3.8, 4) is 0 Å². The number of halogens is 1.